The zero-order chi connectivity index (χ0) is 20.1. The van der Waals surface area contributed by atoms with E-state index in [1.807, 2.05) is 0 Å². The first-order chi connectivity index (χ1) is 11.7. The van der Waals surface area contributed by atoms with Crippen molar-refractivity contribution >= 4 is 5.97 Å². The van der Waals surface area contributed by atoms with E-state index in [9.17, 15) is 23.1 Å². The van der Waals surface area contributed by atoms with E-state index in [1.54, 1.807) is 20.8 Å². The van der Waals surface area contributed by atoms with Gasteiger partial charge in [0.1, 0.15) is 6.10 Å². The van der Waals surface area contributed by atoms with Crippen LogP contribution in [0.15, 0.2) is 12.2 Å². The molecule has 2 aliphatic rings. The van der Waals surface area contributed by atoms with Gasteiger partial charge in [-0.1, -0.05) is 6.58 Å². The molecule has 2 saturated carbocycles. The Hall–Kier alpha value is -1.08. The van der Waals surface area contributed by atoms with Crippen LogP contribution < -0.4 is 0 Å². The van der Waals surface area contributed by atoms with Gasteiger partial charge in [-0.15, -0.1) is 0 Å². The molecular weight excluding hydrogens is 349 g/mol. The number of hydrogen-bond donors (Lipinski definition) is 1. The standard InChI is InChI=1S/C19H29F3O4/c1-10(2)16(23)25-15-9-12-7-13(15)8-14(12)17(4,5)26-11(3)18(6,24)19(20,21)22/h11-15,24H,1,7-9H2,2-6H3. The van der Waals surface area contributed by atoms with Gasteiger partial charge in [0.25, 0.3) is 0 Å². The van der Waals surface area contributed by atoms with Crippen LogP contribution in [0.25, 0.3) is 0 Å². The lowest BCUT2D eigenvalue weighted by Crippen LogP contribution is -2.55. The van der Waals surface area contributed by atoms with Gasteiger partial charge in [0.15, 0.2) is 5.60 Å². The summed E-state index contributed by atoms with van der Waals surface area (Å²) in [6, 6.07) is 0. The molecule has 4 nitrogen and oxygen atoms in total. The Bertz CT molecular complexity index is 568. The molecule has 2 bridgehead atoms. The first kappa shape index (κ1) is 21.2. The molecule has 6 atom stereocenters. The van der Waals surface area contributed by atoms with E-state index in [0.717, 1.165) is 19.8 Å². The Morgan fingerprint density at radius 3 is 2.15 bits per heavy atom. The van der Waals surface area contributed by atoms with Gasteiger partial charge in [-0.2, -0.15) is 13.2 Å². The molecule has 2 aliphatic carbocycles. The second-order valence-corrected chi connectivity index (χ2v) is 8.57. The SMILES string of the molecule is C=C(C)C(=O)OC1CC2CC1CC2C(C)(C)OC(C)C(C)(O)C(F)(F)F. The Kier molecular flexibility index (Phi) is 5.57. The largest absolute Gasteiger partial charge is 0.459 e. The van der Waals surface area contributed by atoms with Gasteiger partial charge in [-0.3, -0.25) is 0 Å². The van der Waals surface area contributed by atoms with Crippen molar-refractivity contribution in [1.29, 1.82) is 0 Å². The lowest BCUT2D eigenvalue weighted by Gasteiger charge is -2.43. The Labute approximate surface area is 152 Å². The van der Waals surface area contributed by atoms with Gasteiger partial charge in [0.2, 0.25) is 0 Å². The van der Waals surface area contributed by atoms with Gasteiger partial charge in [0.05, 0.1) is 11.7 Å². The number of aliphatic hydroxyl groups is 1. The fraction of sp³-hybridized carbons (Fsp3) is 0.842. The first-order valence-electron chi connectivity index (χ1n) is 9.00. The van der Waals surface area contributed by atoms with Crippen LogP contribution in [0.3, 0.4) is 0 Å². The van der Waals surface area contributed by atoms with Gasteiger partial charge in [-0.25, -0.2) is 4.79 Å². The number of carbonyl (C=O) groups excluding carboxylic acids is 1. The highest BCUT2D eigenvalue weighted by atomic mass is 19.4. The van der Waals surface area contributed by atoms with Crippen LogP contribution in [0, 0.1) is 17.8 Å². The molecule has 2 rings (SSSR count). The fourth-order valence-corrected chi connectivity index (χ4v) is 4.34. The summed E-state index contributed by atoms with van der Waals surface area (Å²) in [7, 11) is 0. The van der Waals surface area contributed by atoms with Crippen LogP contribution >= 0.6 is 0 Å². The minimum Gasteiger partial charge on any atom is -0.459 e. The van der Waals surface area contributed by atoms with E-state index >= 15 is 0 Å². The number of hydrogen-bond acceptors (Lipinski definition) is 4. The molecule has 150 valence electrons. The van der Waals surface area contributed by atoms with Crippen LogP contribution in [0.1, 0.15) is 53.9 Å². The van der Waals surface area contributed by atoms with Crippen molar-refractivity contribution in [3.8, 4) is 0 Å². The van der Waals surface area contributed by atoms with E-state index in [2.05, 4.69) is 6.58 Å². The fourth-order valence-electron chi connectivity index (χ4n) is 4.34. The predicted molar refractivity (Wildman–Crippen MR) is 90.3 cm³/mol. The topological polar surface area (TPSA) is 55.8 Å². The summed E-state index contributed by atoms with van der Waals surface area (Å²) >= 11 is 0. The molecule has 0 spiro atoms. The molecule has 0 heterocycles. The summed E-state index contributed by atoms with van der Waals surface area (Å²) in [5.74, 6) is 0.0683. The van der Waals surface area contributed by atoms with Crippen molar-refractivity contribution in [2.24, 2.45) is 17.8 Å². The summed E-state index contributed by atoms with van der Waals surface area (Å²) in [6.45, 7) is 10.7. The minimum absolute atomic E-state index is 0.0544. The number of carbonyl (C=O) groups is 1. The van der Waals surface area contributed by atoms with Crippen molar-refractivity contribution in [3.63, 3.8) is 0 Å². The van der Waals surface area contributed by atoms with Crippen LogP contribution in [0.2, 0.25) is 0 Å². The summed E-state index contributed by atoms with van der Waals surface area (Å²) < 4.78 is 50.3. The van der Waals surface area contributed by atoms with Crippen LogP contribution in [-0.2, 0) is 14.3 Å². The van der Waals surface area contributed by atoms with E-state index in [0.29, 0.717) is 12.0 Å². The van der Waals surface area contributed by atoms with Gasteiger partial charge in [0, 0.05) is 5.57 Å². The molecule has 26 heavy (non-hydrogen) atoms. The summed E-state index contributed by atoms with van der Waals surface area (Å²) in [5.41, 5.74) is -3.38. The average Bonchev–Trinajstić information content (AvgIpc) is 3.05. The van der Waals surface area contributed by atoms with Gasteiger partial charge < -0.3 is 14.6 Å². The Morgan fingerprint density at radius 2 is 1.73 bits per heavy atom. The van der Waals surface area contributed by atoms with E-state index in [1.165, 1.54) is 6.92 Å². The highest BCUT2D eigenvalue weighted by Gasteiger charge is 2.57. The number of ether oxygens (including phenoxy) is 2. The molecule has 0 amide bonds. The van der Waals surface area contributed by atoms with E-state index in [-0.39, 0.29) is 23.9 Å². The maximum absolute atomic E-state index is 13.0. The van der Waals surface area contributed by atoms with Crippen LogP contribution in [0.5, 0.6) is 0 Å². The molecule has 0 aliphatic heterocycles. The highest BCUT2D eigenvalue weighted by molar-refractivity contribution is 5.87. The maximum Gasteiger partial charge on any atom is 0.419 e. The molecule has 0 aromatic carbocycles. The Balaban J connectivity index is 2.00. The molecule has 1 N–H and O–H groups in total. The molecule has 0 radical (unpaired) electrons. The number of rotatable bonds is 6. The number of fused-ring (bicyclic) bond motifs is 2. The smallest absolute Gasteiger partial charge is 0.419 e. The summed E-state index contributed by atoms with van der Waals surface area (Å²) in [5, 5.41) is 9.83. The van der Waals surface area contributed by atoms with Crippen molar-refractivity contribution < 1.29 is 32.5 Å². The number of halogens is 3. The third-order valence-electron chi connectivity index (χ3n) is 6.14. The normalized spacial score (nSPS) is 32.2. The van der Waals surface area contributed by atoms with E-state index < -0.39 is 29.5 Å². The third-order valence-corrected chi connectivity index (χ3v) is 6.14. The Morgan fingerprint density at radius 1 is 1.15 bits per heavy atom. The molecule has 0 aromatic rings. The highest BCUT2D eigenvalue weighted by Crippen LogP contribution is 2.54. The zero-order valence-electron chi connectivity index (χ0n) is 16.0. The molecule has 0 aromatic heterocycles. The number of alkyl halides is 3. The second-order valence-electron chi connectivity index (χ2n) is 8.57. The lowest BCUT2D eigenvalue weighted by molar-refractivity contribution is -0.301. The monoisotopic (exact) mass is 378 g/mol. The van der Waals surface area contributed by atoms with Crippen molar-refractivity contribution in [2.45, 2.75) is 83.5 Å². The maximum atomic E-state index is 13.0. The molecule has 2 fully saturated rings. The van der Waals surface area contributed by atoms with Crippen molar-refractivity contribution in [1.82, 2.24) is 0 Å². The predicted octanol–water partition coefficient (Wildman–Crippen LogP) is 4.02. The van der Waals surface area contributed by atoms with Gasteiger partial charge >= 0.3 is 12.1 Å². The number of esters is 1. The average molecular weight is 378 g/mol. The van der Waals surface area contributed by atoms with Crippen molar-refractivity contribution in [2.75, 3.05) is 0 Å². The van der Waals surface area contributed by atoms with Crippen LogP contribution in [-0.4, -0.2) is 40.7 Å². The molecule has 7 heteroatoms. The zero-order valence-corrected chi connectivity index (χ0v) is 16.0. The molecule has 0 saturated heterocycles. The quantitative estimate of drug-likeness (QED) is 0.560. The summed E-state index contributed by atoms with van der Waals surface area (Å²) in [4.78, 5) is 11.7. The van der Waals surface area contributed by atoms with Crippen LogP contribution in [0.4, 0.5) is 13.2 Å². The second kappa shape index (κ2) is 6.82. The van der Waals surface area contributed by atoms with Gasteiger partial charge in [-0.05, 0) is 71.6 Å². The van der Waals surface area contributed by atoms with E-state index in [4.69, 9.17) is 9.47 Å². The third kappa shape index (κ3) is 3.93. The first-order valence-corrected chi connectivity index (χ1v) is 9.00. The molecular formula is C19H29F3O4. The molecule has 6 unspecified atom stereocenters. The lowest BCUT2D eigenvalue weighted by atomic mass is 9.77. The van der Waals surface area contributed by atoms with Crippen molar-refractivity contribution in [3.05, 3.63) is 12.2 Å². The summed E-state index contributed by atoms with van der Waals surface area (Å²) in [6.07, 6.45) is -4.03. The minimum atomic E-state index is -4.76.